The average Bonchev–Trinajstić information content (AvgIpc) is 3.26. The highest BCUT2D eigenvalue weighted by molar-refractivity contribution is 5.77. The van der Waals surface area contributed by atoms with Crippen LogP contribution in [0.4, 0.5) is 0 Å². The Balaban J connectivity index is 1.41. The van der Waals surface area contributed by atoms with Gasteiger partial charge in [0.25, 0.3) is 0 Å². The molecule has 9 heteroatoms. The van der Waals surface area contributed by atoms with E-state index >= 15 is 0 Å². The molecule has 0 saturated carbocycles. The van der Waals surface area contributed by atoms with Gasteiger partial charge in [-0.05, 0) is 53.8 Å². The summed E-state index contributed by atoms with van der Waals surface area (Å²) in [6.07, 6.45) is -3.33. The minimum Gasteiger partial charge on any atom is -0.497 e. The fourth-order valence-corrected chi connectivity index (χ4v) is 7.24. The average molecular weight is 774 g/mol. The van der Waals surface area contributed by atoms with Gasteiger partial charge in [-0.1, -0.05) is 133 Å². The summed E-state index contributed by atoms with van der Waals surface area (Å²) < 4.78 is 45.3. The monoisotopic (exact) mass is 773 g/mol. The normalized spacial score (nSPS) is 20.1. The van der Waals surface area contributed by atoms with E-state index in [4.69, 9.17) is 33.2 Å². The number of esters is 1. The predicted octanol–water partition coefficient (Wildman–Crippen LogP) is 8.09. The summed E-state index contributed by atoms with van der Waals surface area (Å²) in [5, 5.41) is 3.71. The molecule has 1 heterocycles. The van der Waals surface area contributed by atoms with E-state index in [0.29, 0.717) is 26.4 Å². The zero-order valence-electron chi connectivity index (χ0n) is 33.3. The lowest BCUT2D eigenvalue weighted by molar-refractivity contribution is -0.281. The molecule has 1 aliphatic heterocycles. The third kappa shape index (κ3) is 11.6. The van der Waals surface area contributed by atoms with Gasteiger partial charge in [-0.2, -0.15) is 0 Å². The van der Waals surface area contributed by atoms with Crippen molar-refractivity contribution in [3.8, 4) is 5.75 Å². The third-order valence-electron chi connectivity index (χ3n) is 10.4. The van der Waals surface area contributed by atoms with Crippen molar-refractivity contribution >= 4 is 5.97 Å². The summed E-state index contributed by atoms with van der Waals surface area (Å²) in [5.74, 6) is 0.370. The zero-order chi connectivity index (χ0) is 39.9. The maximum atomic E-state index is 13.8. The van der Waals surface area contributed by atoms with Crippen LogP contribution in [0.5, 0.6) is 5.75 Å². The largest absolute Gasteiger partial charge is 0.497 e. The minimum absolute atomic E-state index is 0.200. The first-order valence-corrected chi connectivity index (χ1v) is 19.5. The van der Waals surface area contributed by atoms with Crippen molar-refractivity contribution in [2.75, 3.05) is 20.8 Å². The molecule has 0 amide bonds. The van der Waals surface area contributed by atoms with E-state index in [-0.39, 0.29) is 19.2 Å². The van der Waals surface area contributed by atoms with Crippen molar-refractivity contribution in [3.63, 3.8) is 0 Å². The number of ether oxygens (including phenoxy) is 7. The van der Waals surface area contributed by atoms with E-state index < -0.39 is 42.0 Å². The molecule has 1 aliphatic rings. The molecule has 5 aromatic carbocycles. The lowest BCUT2D eigenvalue weighted by atomic mass is 9.76. The van der Waals surface area contributed by atoms with Gasteiger partial charge < -0.3 is 38.5 Å². The third-order valence-corrected chi connectivity index (χ3v) is 10.4. The maximum Gasteiger partial charge on any atom is 0.312 e. The minimum atomic E-state index is -1.09. The van der Waals surface area contributed by atoms with Crippen LogP contribution in [0.1, 0.15) is 41.7 Å². The van der Waals surface area contributed by atoms with Gasteiger partial charge in [-0.25, -0.2) is 0 Å². The molecular formula is C48H55NO8. The second kappa shape index (κ2) is 21.0. The Labute approximate surface area is 337 Å². The van der Waals surface area contributed by atoms with E-state index in [9.17, 15) is 4.79 Å². The molecule has 0 aliphatic carbocycles. The SMILES string of the molecule is COC(=O)C(C)(C)[C@@H](NCc1ccc(OC)cc1)[C@@H]1O[C@H](COCc2ccccc2)[C@@H](OCc2ccccc2)[C@H](OCc2ccccc2)[C@H]1OCc1ccccc1. The second-order valence-corrected chi connectivity index (χ2v) is 14.8. The van der Waals surface area contributed by atoms with Crippen LogP contribution >= 0.6 is 0 Å². The Kier molecular flexibility index (Phi) is 15.4. The van der Waals surface area contributed by atoms with Gasteiger partial charge in [0.15, 0.2) is 0 Å². The molecule has 1 N–H and O–H groups in total. The van der Waals surface area contributed by atoms with Crippen LogP contribution in [0.2, 0.25) is 0 Å². The Bertz CT molecular complexity index is 1890. The van der Waals surface area contributed by atoms with E-state index in [1.807, 2.05) is 159 Å². The van der Waals surface area contributed by atoms with Gasteiger partial charge in [0.05, 0.1) is 58.7 Å². The van der Waals surface area contributed by atoms with Crippen LogP contribution in [0.3, 0.4) is 0 Å². The number of nitrogens with one attached hydrogen (secondary N) is 1. The van der Waals surface area contributed by atoms with Crippen molar-refractivity contribution in [1.82, 2.24) is 5.32 Å². The summed E-state index contributed by atoms with van der Waals surface area (Å²) >= 11 is 0. The fraction of sp³-hybridized carbons (Fsp3) is 0.354. The number of hydrogen-bond acceptors (Lipinski definition) is 9. The Hall–Kier alpha value is -4.87. The van der Waals surface area contributed by atoms with Crippen LogP contribution in [-0.4, -0.2) is 63.4 Å². The van der Waals surface area contributed by atoms with E-state index in [0.717, 1.165) is 33.6 Å². The van der Waals surface area contributed by atoms with Gasteiger partial charge in [-0.3, -0.25) is 4.79 Å². The van der Waals surface area contributed by atoms with Crippen molar-refractivity contribution in [2.45, 2.75) is 83.4 Å². The van der Waals surface area contributed by atoms with E-state index in [2.05, 4.69) is 5.32 Å². The van der Waals surface area contributed by atoms with E-state index in [1.54, 1.807) is 7.11 Å². The quantitative estimate of drug-likeness (QED) is 0.0789. The Morgan fingerprint density at radius 3 is 1.53 bits per heavy atom. The number of methoxy groups -OCH3 is 2. The van der Waals surface area contributed by atoms with Crippen molar-refractivity contribution < 1.29 is 38.0 Å². The van der Waals surface area contributed by atoms with Gasteiger partial charge in [0, 0.05) is 6.54 Å². The lowest BCUT2D eigenvalue weighted by Crippen LogP contribution is -2.68. The number of hydrogen-bond donors (Lipinski definition) is 1. The van der Waals surface area contributed by atoms with Crippen LogP contribution in [0, 0.1) is 5.41 Å². The molecule has 1 saturated heterocycles. The molecule has 0 radical (unpaired) electrons. The molecule has 300 valence electrons. The molecule has 6 atom stereocenters. The van der Waals surface area contributed by atoms with Gasteiger partial charge in [0.1, 0.15) is 36.3 Å². The first-order chi connectivity index (χ1) is 27.9. The topological polar surface area (TPSA) is 93.7 Å². The first kappa shape index (κ1) is 41.8. The summed E-state index contributed by atoms with van der Waals surface area (Å²) in [5.41, 5.74) is 3.96. The highest BCUT2D eigenvalue weighted by Gasteiger charge is 2.55. The van der Waals surface area contributed by atoms with E-state index in [1.165, 1.54) is 7.11 Å². The molecule has 57 heavy (non-hydrogen) atoms. The first-order valence-electron chi connectivity index (χ1n) is 19.5. The van der Waals surface area contributed by atoms with Crippen molar-refractivity contribution in [2.24, 2.45) is 5.41 Å². The standard InChI is InChI=1S/C48H55NO8/c1-48(2,47(50)52-4)46(49-29-35-25-27-40(51-3)28-26-35)45-44(56-33-39-23-15-8-16-24-39)43(55-32-38-21-13-7-14-22-38)42(54-31-37-19-11-6-12-20-37)41(57-45)34-53-30-36-17-9-5-10-18-36/h5-28,41-46,49H,29-34H2,1-4H3/t41-,42-,43+,44-,45-,46+/m1/s1. The number of carbonyl (C=O) groups excluding carboxylic acids is 1. The number of rotatable bonds is 20. The smallest absolute Gasteiger partial charge is 0.312 e. The molecule has 0 bridgehead atoms. The predicted molar refractivity (Wildman–Crippen MR) is 219 cm³/mol. The second-order valence-electron chi connectivity index (χ2n) is 14.8. The van der Waals surface area contributed by atoms with Crippen molar-refractivity contribution in [3.05, 3.63) is 173 Å². The summed E-state index contributed by atoms with van der Waals surface area (Å²) in [6, 6.07) is 47.4. The van der Waals surface area contributed by atoms with Crippen molar-refractivity contribution in [1.29, 1.82) is 0 Å². The molecule has 9 nitrogen and oxygen atoms in total. The number of benzene rings is 5. The molecular weight excluding hydrogens is 719 g/mol. The van der Waals surface area contributed by atoms with Gasteiger partial charge >= 0.3 is 5.97 Å². The molecule has 0 spiro atoms. The van der Waals surface area contributed by atoms with Gasteiger partial charge in [-0.15, -0.1) is 0 Å². The maximum absolute atomic E-state index is 13.8. The van der Waals surface area contributed by atoms with Crippen LogP contribution in [0.25, 0.3) is 0 Å². The Morgan fingerprint density at radius 1 is 0.596 bits per heavy atom. The fourth-order valence-electron chi connectivity index (χ4n) is 7.24. The molecule has 0 unspecified atom stereocenters. The zero-order valence-corrected chi connectivity index (χ0v) is 33.3. The van der Waals surface area contributed by atoms with Crippen LogP contribution in [0.15, 0.2) is 146 Å². The highest BCUT2D eigenvalue weighted by Crippen LogP contribution is 2.37. The van der Waals surface area contributed by atoms with Crippen LogP contribution in [-0.2, 0) is 66.2 Å². The molecule has 5 aromatic rings. The Morgan fingerprint density at radius 2 is 1.05 bits per heavy atom. The summed E-state index contributed by atoms with van der Waals surface area (Å²) in [4.78, 5) is 13.8. The highest BCUT2D eigenvalue weighted by atomic mass is 16.6. The molecule has 1 fully saturated rings. The van der Waals surface area contributed by atoms with Gasteiger partial charge in [0.2, 0.25) is 0 Å². The molecule has 6 rings (SSSR count). The summed E-state index contributed by atoms with van der Waals surface area (Å²) in [6.45, 7) is 5.66. The lowest BCUT2D eigenvalue weighted by Gasteiger charge is -2.50. The number of carbonyl (C=O) groups is 1. The molecule has 0 aromatic heterocycles. The van der Waals surface area contributed by atoms with Crippen LogP contribution < -0.4 is 10.1 Å². The summed E-state index contributed by atoms with van der Waals surface area (Å²) in [7, 11) is 3.06.